The molecule has 2 rings (SSSR count). The highest BCUT2D eigenvalue weighted by Gasteiger charge is 2.29. The lowest BCUT2D eigenvalue weighted by Crippen LogP contribution is -2.41. The van der Waals surface area contributed by atoms with Crippen LogP contribution in [0.1, 0.15) is 34.1 Å². The molecule has 0 N–H and O–H groups in total. The van der Waals surface area contributed by atoms with Gasteiger partial charge in [0.1, 0.15) is 17.9 Å². The van der Waals surface area contributed by atoms with E-state index in [0.717, 1.165) is 20.9 Å². The number of hydrogen-bond donors (Lipinski definition) is 0. The maximum absolute atomic E-state index is 14.3. The van der Waals surface area contributed by atoms with E-state index in [-0.39, 0.29) is 17.9 Å². The fraction of sp³-hybridized carbons (Fsp3) is 0.300. The fourth-order valence-corrected chi connectivity index (χ4v) is 4.40. The molecule has 156 valence electrons. The van der Waals surface area contributed by atoms with Crippen molar-refractivity contribution in [3.8, 4) is 5.75 Å². The largest absolute Gasteiger partial charge is 0.489 e. The molecule has 1 atom stereocenters. The molecule has 1 aromatic carbocycles. The second-order valence-corrected chi connectivity index (χ2v) is 7.91. The first-order valence-electron chi connectivity index (χ1n) is 8.64. The molecule has 1 unspecified atom stereocenters. The molecule has 1 heterocycles. The van der Waals surface area contributed by atoms with E-state index in [4.69, 9.17) is 9.57 Å². The number of hydrogen-bond acceptors (Lipinski definition) is 4. The molecule has 0 fully saturated rings. The molecule has 1 amide bonds. The third-order valence-corrected chi connectivity index (χ3v) is 5.68. The first-order chi connectivity index (χ1) is 13.7. The van der Waals surface area contributed by atoms with Gasteiger partial charge in [0.05, 0.1) is 27.8 Å². The lowest BCUT2D eigenvalue weighted by atomic mass is 10.1. The smallest absolute Gasteiger partial charge is 0.284 e. The summed E-state index contributed by atoms with van der Waals surface area (Å²) >= 11 is 7.01. The van der Waals surface area contributed by atoms with Gasteiger partial charge in [-0.2, -0.15) is 9.49 Å². The second kappa shape index (κ2) is 9.69. The molecule has 2 aromatic rings. The first-order valence-corrected chi connectivity index (χ1v) is 10.2. The van der Waals surface area contributed by atoms with E-state index < -0.39 is 17.9 Å². The van der Waals surface area contributed by atoms with Crippen LogP contribution in [0.15, 0.2) is 28.2 Å². The van der Waals surface area contributed by atoms with E-state index in [2.05, 4.69) is 50.1 Å². The molecule has 6 nitrogen and oxygen atoms in total. The van der Waals surface area contributed by atoms with E-state index in [9.17, 15) is 9.18 Å². The summed E-state index contributed by atoms with van der Waals surface area (Å²) in [6, 6.07) is 1.35. The Kier molecular flexibility index (Phi) is 7.79. The van der Waals surface area contributed by atoms with Gasteiger partial charge in [0.15, 0.2) is 0 Å². The summed E-state index contributed by atoms with van der Waals surface area (Å²) in [7, 11) is 2.78. The number of rotatable bonds is 8. The van der Waals surface area contributed by atoms with Crippen LogP contribution in [0.25, 0.3) is 12.2 Å². The normalized spacial score (nSPS) is 11.8. The van der Waals surface area contributed by atoms with Crippen LogP contribution < -0.4 is 4.74 Å². The number of hydroxylamine groups is 2. The van der Waals surface area contributed by atoms with E-state index in [1.807, 2.05) is 6.07 Å². The Morgan fingerprint density at radius 2 is 2.07 bits per heavy atom. The van der Waals surface area contributed by atoms with Crippen molar-refractivity contribution in [2.45, 2.75) is 19.9 Å². The average molecular weight is 531 g/mol. The van der Waals surface area contributed by atoms with Crippen LogP contribution in [0.4, 0.5) is 4.39 Å². The van der Waals surface area contributed by atoms with Crippen LogP contribution in [0.3, 0.4) is 0 Å². The predicted molar refractivity (Wildman–Crippen MR) is 118 cm³/mol. The summed E-state index contributed by atoms with van der Waals surface area (Å²) < 4.78 is 22.7. The third-order valence-electron chi connectivity index (χ3n) is 4.30. The molecule has 0 bridgehead atoms. The Morgan fingerprint density at radius 3 is 2.55 bits per heavy atom. The molecule has 1 aromatic heterocycles. The molecule has 0 aliphatic rings. The Labute approximate surface area is 186 Å². The standard InChI is InChI=1S/C20H22Br2FN3O3/c1-7-13-9-15(21)18(17(22)14(13)8-2)29-10-11(3)26(28-6)20(27)16-12(4)24-25(5)19(16)23/h7-9,11H,1-2,10H2,3-6H3. The number of aryl methyl sites for hydroxylation is 2. The van der Waals surface area contributed by atoms with Gasteiger partial charge >= 0.3 is 0 Å². The van der Waals surface area contributed by atoms with Crippen molar-refractivity contribution < 1.29 is 18.8 Å². The zero-order valence-corrected chi connectivity index (χ0v) is 19.8. The van der Waals surface area contributed by atoms with E-state index in [1.54, 1.807) is 26.0 Å². The highest BCUT2D eigenvalue weighted by Crippen LogP contribution is 2.39. The van der Waals surface area contributed by atoms with Crippen molar-refractivity contribution in [1.29, 1.82) is 0 Å². The number of amides is 1. The fourth-order valence-electron chi connectivity index (χ4n) is 2.86. The maximum atomic E-state index is 14.3. The van der Waals surface area contributed by atoms with E-state index >= 15 is 0 Å². The molecule has 9 heteroatoms. The Hall–Kier alpha value is -1.97. The Bertz CT molecular complexity index is 959. The molecular formula is C20H22Br2FN3O3. The molecule has 0 aliphatic heterocycles. The van der Waals surface area contributed by atoms with Gasteiger partial charge in [0, 0.05) is 7.05 Å². The molecule has 0 saturated heterocycles. The average Bonchev–Trinajstić information content (AvgIpc) is 2.93. The van der Waals surface area contributed by atoms with E-state index in [1.165, 1.54) is 14.2 Å². The molecule has 0 aliphatic carbocycles. The summed E-state index contributed by atoms with van der Waals surface area (Å²) in [5.74, 6) is -0.799. The van der Waals surface area contributed by atoms with Crippen LogP contribution in [-0.2, 0) is 11.9 Å². The monoisotopic (exact) mass is 529 g/mol. The van der Waals surface area contributed by atoms with Crippen molar-refractivity contribution >= 4 is 49.9 Å². The lowest BCUT2D eigenvalue weighted by molar-refractivity contribution is -0.126. The van der Waals surface area contributed by atoms with E-state index in [0.29, 0.717) is 14.7 Å². The van der Waals surface area contributed by atoms with Crippen LogP contribution in [-0.4, -0.2) is 40.5 Å². The highest BCUT2D eigenvalue weighted by atomic mass is 79.9. The topological polar surface area (TPSA) is 56.6 Å². The van der Waals surface area contributed by atoms with Gasteiger partial charge in [0.2, 0.25) is 5.95 Å². The summed E-state index contributed by atoms with van der Waals surface area (Å²) in [5.41, 5.74) is 1.87. The summed E-state index contributed by atoms with van der Waals surface area (Å²) in [5, 5.41) is 5.01. The van der Waals surface area contributed by atoms with Gasteiger partial charge in [-0.15, -0.1) is 0 Å². The molecular weight excluding hydrogens is 509 g/mol. The van der Waals surface area contributed by atoms with Crippen molar-refractivity contribution in [3.05, 3.63) is 56.5 Å². The maximum Gasteiger partial charge on any atom is 0.284 e. The molecule has 0 saturated carbocycles. The number of benzene rings is 1. The van der Waals surface area contributed by atoms with Crippen molar-refractivity contribution in [1.82, 2.24) is 14.8 Å². The number of carbonyl (C=O) groups excluding carboxylic acids is 1. The first kappa shape index (κ1) is 23.3. The number of ether oxygens (including phenoxy) is 1. The zero-order chi connectivity index (χ0) is 21.9. The number of halogens is 3. The van der Waals surface area contributed by atoms with Gasteiger partial charge in [-0.25, -0.2) is 9.75 Å². The van der Waals surface area contributed by atoms with Gasteiger partial charge in [-0.05, 0) is 62.9 Å². The van der Waals surface area contributed by atoms with Crippen LogP contribution in [0, 0.1) is 12.9 Å². The minimum Gasteiger partial charge on any atom is -0.489 e. The van der Waals surface area contributed by atoms with Crippen molar-refractivity contribution in [2.75, 3.05) is 13.7 Å². The highest BCUT2D eigenvalue weighted by molar-refractivity contribution is 9.11. The molecule has 0 spiro atoms. The molecule has 29 heavy (non-hydrogen) atoms. The van der Waals surface area contributed by atoms with Crippen LogP contribution in [0.2, 0.25) is 0 Å². The minimum atomic E-state index is -0.719. The SMILES string of the molecule is C=Cc1cc(Br)c(OCC(C)N(OC)C(=O)c2c(C)nn(C)c2F)c(Br)c1C=C. The van der Waals surface area contributed by atoms with Gasteiger partial charge in [-0.1, -0.05) is 25.3 Å². The Balaban J connectivity index is 2.25. The van der Waals surface area contributed by atoms with Crippen LogP contribution >= 0.6 is 31.9 Å². The number of carbonyl (C=O) groups is 1. The predicted octanol–water partition coefficient (Wildman–Crippen LogP) is 5.15. The summed E-state index contributed by atoms with van der Waals surface area (Å²) in [6.07, 6.45) is 3.41. The van der Waals surface area contributed by atoms with Crippen molar-refractivity contribution in [2.24, 2.45) is 7.05 Å². The molecule has 0 radical (unpaired) electrons. The van der Waals surface area contributed by atoms with Crippen molar-refractivity contribution in [3.63, 3.8) is 0 Å². The quantitative estimate of drug-likeness (QED) is 0.443. The lowest BCUT2D eigenvalue weighted by Gasteiger charge is -2.27. The van der Waals surface area contributed by atoms with Gasteiger partial charge < -0.3 is 4.74 Å². The number of nitrogens with zero attached hydrogens (tertiary/aromatic N) is 3. The third kappa shape index (κ3) is 4.62. The minimum absolute atomic E-state index is 0.0989. The van der Waals surface area contributed by atoms with Gasteiger partial charge in [-0.3, -0.25) is 9.63 Å². The Morgan fingerprint density at radius 1 is 1.41 bits per heavy atom. The second-order valence-electron chi connectivity index (χ2n) is 6.26. The number of aromatic nitrogens is 2. The zero-order valence-electron chi connectivity index (χ0n) is 16.6. The summed E-state index contributed by atoms with van der Waals surface area (Å²) in [6.45, 7) is 11.0. The summed E-state index contributed by atoms with van der Waals surface area (Å²) in [4.78, 5) is 18.0. The van der Waals surface area contributed by atoms with Gasteiger partial charge in [0.25, 0.3) is 5.91 Å². The van der Waals surface area contributed by atoms with Crippen LogP contribution in [0.5, 0.6) is 5.75 Å².